The van der Waals surface area contributed by atoms with E-state index in [0.717, 1.165) is 56.0 Å². The summed E-state index contributed by atoms with van der Waals surface area (Å²) in [7, 11) is 0. The lowest BCUT2D eigenvalue weighted by Crippen LogP contribution is -2.34. The zero-order chi connectivity index (χ0) is 18.1. The number of hydrogen-bond acceptors (Lipinski definition) is 6. The van der Waals surface area contributed by atoms with Crippen LogP contribution in [-0.4, -0.2) is 59.5 Å². The zero-order valence-electron chi connectivity index (χ0n) is 15.7. The van der Waals surface area contributed by atoms with Crippen LogP contribution in [-0.2, 0) is 11.2 Å². The first-order valence-corrected chi connectivity index (χ1v) is 10.0. The third-order valence-electron chi connectivity index (χ3n) is 5.90. The number of nitrogens with two attached hydrogens (primary N) is 1. The molecule has 2 aliphatic heterocycles. The number of hydrogen-bond donors (Lipinski definition) is 2. The number of primary amides is 1. The average molecular weight is 358 g/mol. The molecule has 1 aliphatic carbocycles. The van der Waals surface area contributed by atoms with Gasteiger partial charge in [0.1, 0.15) is 5.82 Å². The molecule has 1 aromatic rings. The molecule has 1 aromatic heterocycles. The summed E-state index contributed by atoms with van der Waals surface area (Å²) in [5.41, 5.74) is 6.49. The van der Waals surface area contributed by atoms with E-state index in [9.17, 15) is 4.79 Å². The molecule has 7 nitrogen and oxygen atoms in total. The van der Waals surface area contributed by atoms with Crippen molar-refractivity contribution in [3.8, 4) is 0 Å². The van der Waals surface area contributed by atoms with Crippen LogP contribution in [0.3, 0.4) is 0 Å². The van der Waals surface area contributed by atoms with Crippen molar-refractivity contribution in [1.82, 2.24) is 14.9 Å². The zero-order valence-corrected chi connectivity index (χ0v) is 15.7. The highest BCUT2D eigenvalue weighted by atomic mass is 16.1. The predicted octanol–water partition coefficient (Wildman–Crippen LogP) is 1.25. The summed E-state index contributed by atoms with van der Waals surface area (Å²) in [5.74, 6) is 2.89. The van der Waals surface area contributed by atoms with E-state index < -0.39 is 0 Å². The molecule has 3 aliphatic rings. The van der Waals surface area contributed by atoms with E-state index in [1.807, 2.05) is 0 Å². The number of nitrogens with one attached hydrogen (secondary N) is 1. The minimum absolute atomic E-state index is 0.244. The maximum atomic E-state index is 11.3. The third kappa shape index (κ3) is 3.92. The molecular formula is C19H30N6O. The number of carbonyl (C=O) groups is 1. The van der Waals surface area contributed by atoms with Crippen molar-refractivity contribution in [3.05, 3.63) is 11.8 Å². The van der Waals surface area contributed by atoms with Crippen LogP contribution in [0.15, 0.2) is 6.07 Å². The maximum absolute atomic E-state index is 11.3. The fourth-order valence-corrected chi connectivity index (χ4v) is 4.40. The molecule has 7 heteroatoms. The average Bonchev–Trinajstić information content (AvgIpc) is 3.15. The van der Waals surface area contributed by atoms with Crippen molar-refractivity contribution in [2.45, 2.75) is 45.1 Å². The van der Waals surface area contributed by atoms with Crippen molar-refractivity contribution in [2.75, 3.05) is 42.9 Å². The van der Waals surface area contributed by atoms with E-state index in [0.29, 0.717) is 18.5 Å². The Bertz CT molecular complexity index is 655. The highest BCUT2D eigenvalue weighted by Crippen LogP contribution is 2.42. The number of aryl methyl sites for hydroxylation is 1. The number of amides is 1. The Labute approximate surface area is 155 Å². The van der Waals surface area contributed by atoms with Crippen LogP contribution < -0.4 is 16.0 Å². The van der Waals surface area contributed by atoms with E-state index in [1.165, 1.54) is 25.7 Å². The predicted molar refractivity (Wildman–Crippen MR) is 102 cm³/mol. The first-order chi connectivity index (χ1) is 12.6. The quantitative estimate of drug-likeness (QED) is 0.763. The van der Waals surface area contributed by atoms with Crippen molar-refractivity contribution >= 4 is 17.7 Å². The molecule has 3 fully saturated rings. The number of rotatable bonds is 7. The largest absolute Gasteiger partial charge is 0.369 e. The third-order valence-corrected chi connectivity index (χ3v) is 5.90. The summed E-state index contributed by atoms with van der Waals surface area (Å²) in [6.45, 7) is 6.40. The van der Waals surface area contributed by atoms with E-state index in [-0.39, 0.29) is 5.91 Å². The summed E-state index contributed by atoms with van der Waals surface area (Å²) in [6.07, 6.45) is 5.95. The molecule has 3 N–H and O–H groups in total. The number of carbonyl (C=O) groups excluding carboxylic acids is 1. The molecule has 26 heavy (non-hydrogen) atoms. The monoisotopic (exact) mass is 358 g/mol. The molecule has 0 radical (unpaired) electrons. The Morgan fingerprint density at radius 3 is 2.69 bits per heavy atom. The van der Waals surface area contributed by atoms with E-state index in [4.69, 9.17) is 15.7 Å². The molecule has 2 atom stereocenters. The minimum Gasteiger partial charge on any atom is -0.369 e. The van der Waals surface area contributed by atoms with Gasteiger partial charge >= 0.3 is 0 Å². The van der Waals surface area contributed by atoms with Gasteiger partial charge in [0.05, 0.1) is 6.54 Å². The lowest BCUT2D eigenvalue weighted by molar-refractivity contribution is -0.118. The first-order valence-electron chi connectivity index (χ1n) is 10.0. The molecule has 1 amide bonds. The van der Waals surface area contributed by atoms with Crippen LogP contribution in [0.5, 0.6) is 0 Å². The Kier molecular flexibility index (Phi) is 4.98. The number of likely N-dealkylation sites (tertiary alicyclic amines) is 1. The summed E-state index contributed by atoms with van der Waals surface area (Å²) < 4.78 is 0. The van der Waals surface area contributed by atoms with Crippen LogP contribution in [0, 0.1) is 11.8 Å². The summed E-state index contributed by atoms with van der Waals surface area (Å²) >= 11 is 0. The second-order valence-corrected chi connectivity index (χ2v) is 8.00. The van der Waals surface area contributed by atoms with Crippen molar-refractivity contribution in [3.63, 3.8) is 0 Å². The van der Waals surface area contributed by atoms with Gasteiger partial charge in [0.25, 0.3) is 0 Å². The van der Waals surface area contributed by atoms with Crippen molar-refractivity contribution in [1.29, 1.82) is 0 Å². The van der Waals surface area contributed by atoms with Crippen LogP contribution in [0.2, 0.25) is 0 Å². The fourth-order valence-electron chi connectivity index (χ4n) is 4.40. The maximum Gasteiger partial charge on any atom is 0.231 e. The van der Waals surface area contributed by atoms with Gasteiger partial charge < -0.3 is 16.0 Å². The molecule has 0 aromatic carbocycles. The lowest BCUT2D eigenvalue weighted by Gasteiger charge is -2.22. The molecule has 4 rings (SSSR count). The van der Waals surface area contributed by atoms with Gasteiger partial charge in [-0.1, -0.05) is 6.92 Å². The first kappa shape index (κ1) is 17.5. The molecule has 0 spiro atoms. The number of anilines is 2. The number of nitrogens with zero attached hydrogens (tertiary/aromatic N) is 4. The SMILES string of the molecule is CCc1cc(N[C@@H]2CN(CC(N)=O)C[C@H]2C2CC2)nc(N2CCCC2)n1. The molecule has 2 saturated heterocycles. The van der Waals surface area contributed by atoms with Gasteiger partial charge in [-0.2, -0.15) is 4.98 Å². The second-order valence-electron chi connectivity index (χ2n) is 8.00. The Hall–Kier alpha value is -1.89. The summed E-state index contributed by atoms with van der Waals surface area (Å²) in [6, 6.07) is 2.41. The van der Waals surface area contributed by atoms with Crippen LogP contribution in [0.4, 0.5) is 11.8 Å². The Morgan fingerprint density at radius 2 is 2.04 bits per heavy atom. The van der Waals surface area contributed by atoms with Crippen LogP contribution >= 0.6 is 0 Å². The molecule has 1 saturated carbocycles. The lowest BCUT2D eigenvalue weighted by atomic mass is 9.98. The second kappa shape index (κ2) is 7.39. The smallest absolute Gasteiger partial charge is 0.231 e. The van der Waals surface area contributed by atoms with Gasteiger partial charge in [-0.15, -0.1) is 0 Å². The topological polar surface area (TPSA) is 87.4 Å². The van der Waals surface area contributed by atoms with E-state index >= 15 is 0 Å². The van der Waals surface area contributed by atoms with Gasteiger partial charge in [0.2, 0.25) is 11.9 Å². The van der Waals surface area contributed by atoms with Crippen LogP contribution in [0.1, 0.15) is 38.3 Å². The van der Waals surface area contributed by atoms with Gasteiger partial charge in [0, 0.05) is 44.0 Å². The molecule has 3 heterocycles. The minimum atomic E-state index is -0.244. The molecular weight excluding hydrogens is 328 g/mol. The van der Waals surface area contributed by atoms with Gasteiger partial charge in [-0.05, 0) is 43.9 Å². The van der Waals surface area contributed by atoms with Crippen molar-refractivity contribution in [2.24, 2.45) is 17.6 Å². The molecule has 142 valence electrons. The van der Waals surface area contributed by atoms with E-state index in [2.05, 4.69) is 28.1 Å². The standard InChI is InChI=1S/C19H30N6O/c1-2-14-9-18(23-19(21-14)25-7-3-4-8-25)22-16-11-24(12-17(20)26)10-15(16)13-5-6-13/h9,13,15-16H,2-8,10-12H2,1H3,(H2,20,26)(H,21,22,23)/t15-,16+/m0/s1. The molecule has 0 bridgehead atoms. The van der Waals surface area contributed by atoms with Crippen molar-refractivity contribution < 1.29 is 4.79 Å². The highest BCUT2D eigenvalue weighted by Gasteiger charge is 2.42. The summed E-state index contributed by atoms with van der Waals surface area (Å²) in [5, 5.41) is 3.68. The van der Waals surface area contributed by atoms with E-state index in [1.54, 1.807) is 0 Å². The normalized spacial score (nSPS) is 26.4. The molecule has 0 unspecified atom stereocenters. The van der Waals surface area contributed by atoms with Gasteiger partial charge in [-0.25, -0.2) is 4.98 Å². The Balaban J connectivity index is 1.51. The highest BCUT2D eigenvalue weighted by molar-refractivity contribution is 5.76. The fraction of sp³-hybridized carbons (Fsp3) is 0.737. The number of aromatic nitrogens is 2. The van der Waals surface area contributed by atoms with Crippen LogP contribution in [0.25, 0.3) is 0 Å². The summed E-state index contributed by atoms with van der Waals surface area (Å²) in [4.78, 5) is 25.3. The van der Waals surface area contributed by atoms with Gasteiger partial charge in [0.15, 0.2) is 0 Å². The van der Waals surface area contributed by atoms with Gasteiger partial charge in [-0.3, -0.25) is 9.69 Å². The Morgan fingerprint density at radius 1 is 1.27 bits per heavy atom.